The van der Waals surface area contributed by atoms with Crippen LogP contribution in [-0.4, -0.2) is 55.7 Å². The molecule has 1 aromatic carbocycles. The van der Waals surface area contributed by atoms with Crippen LogP contribution in [0.1, 0.15) is 19.8 Å². The van der Waals surface area contributed by atoms with Crippen LogP contribution in [-0.2, 0) is 19.6 Å². The van der Waals surface area contributed by atoms with Gasteiger partial charge in [-0.25, -0.2) is 13.1 Å². The molecule has 0 unspecified atom stereocenters. The number of nitro benzene ring substituents is 1. The minimum atomic E-state index is -4.21. The number of rotatable bonds is 8. The molecule has 1 atom stereocenters. The Bertz CT molecular complexity index is 810. The SMILES string of the molecule is C[C@H](CN1CCCC1=O)NC(=O)CNS(=O)(=O)c1ccccc1[N+](=O)[O-]. The predicted octanol–water partition coefficient (Wildman–Crippen LogP) is 0.000200. The topological polar surface area (TPSA) is 139 Å². The molecule has 0 bridgehead atoms. The monoisotopic (exact) mass is 384 g/mol. The van der Waals surface area contributed by atoms with Gasteiger partial charge in [-0.15, -0.1) is 0 Å². The lowest BCUT2D eigenvalue weighted by Gasteiger charge is -2.21. The number of nitrogens with zero attached hydrogens (tertiary/aromatic N) is 2. The molecular weight excluding hydrogens is 364 g/mol. The highest BCUT2D eigenvalue weighted by Gasteiger charge is 2.26. The summed E-state index contributed by atoms with van der Waals surface area (Å²) in [7, 11) is -4.21. The van der Waals surface area contributed by atoms with E-state index in [4.69, 9.17) is 0 Å². The average Bonchev–Trinajstić information content (AvgIpc) is 2.98. The highest BCUT2D eigenvalue weighted by atomic mass is 32.2. The molecule has 2 rings (SSSR count). The Labute approximate surface area is 150 Å². The van der Waals surface area contributed by atoms with E-state index in [0.29, 0.717) is 19.5 Å². The number of carbonyl (C=O) groups excluding carboxylic acids is 2. The van der Waals surface area contributed by atoms with Crippen molar-refractivity contribution in [3.8, 4) is 0 Å². The third-order valence-electron chi connectivity index (χ3n) is 3.85. The Kier molecular flexibility index (Phi) is 6.27. The Balaban J connectivity index is 1.92. The van der Waals surface area contributed by atoms with Gasteiger partial charge in [0.15, 0.2) is 4.90 Å². The van der Waals surface area contributed by atoms with Crippen molar-refractivity contribution in [1.82, 2.24) is 14.9 Å². The van der Waals surface area contributed by atoms with Crippen LogP contribution in [0.2, 0.25) is 0 Å². The maximum absolute atomic E-state index is 12.2. The molecule has 26 heavy (non-hydrogen) atoms. The van der Waals surface area contributed by atoms with E-state index in [1.54, 1.807) is 11.8 Å². The number of para-hydroxylation sites is 1. The molecule has 1 fully saturated rings. The van der Waals surface area contributed by atoms with Crippen molar-refractivity contribution in [3.05, 3.63) is 34.4 Å². The maximum Gasteiger partial charge on any atom is 0.289 e. The Morgan fingerprint density at radius 2 is 2.08 bits per heavy atom. The lowest BCUT2D eigenvalue weighted by molar-refractivity contribution is -0.387. The summed E-state index contributed by atoms with van der Waals surface area (Å²) in [4.78, 5) is 34.8. The second kappa shape index (κ2) is 8.23. The first-order chi connectivity index (χ1) is 12.2. The second-order valence-corrected chi connectivity index (χ2v) is 7.70. The summed E-state index contributed by atoms with van der Waals surface area (Å²) in [5, 5.41) is 13.5. The average molecular weight is 384 g/mol. The van der Waals surface area contributed by atoms with E-state index in [9.17, 15) is 28.1 Å². The summed E-state index contributed by atoms with van der Waals surface area (Å²) in [6.07, 6.45) is 1.28. The zero-order valence-electron chi connectivity index (χ0n) is 14.2. The van der Waals surface area contributed by atoms with Gasteiger partial charge in [0.2, 0.25) is 21.8 Å². The summed E-state index contributed by atoms with van der Waals surface area (Å²) in [5.41, 5.74) is -0.568. The molecule has 1 heterocycles. The van der Waals surface area contributed by atoms with Crippen molar-refractivity contribution in [3.63, 3.8) is 0 Å². The van der Waals surface area contributed by atoms with Crippen molar-refractivity contribution >= 4 is 27.5 Å². The molecule has 0 saturated carbocycles. The summed E-state index contributed by atoms with van der Waals surface area (Å²) >= 11 is 0. The molecule has 0 spiro atoms. The van der Waals surface area contributed by atoms with Gasteiger partial charge in [-0.2, -0.15) is 0 Å². The van der Waals surface area contributed by atoms with Crippen LogP contribution in [0, 0.1) is 10.1 Å². The number of hydrogen-bond acceptors (Lipinski definition) is 6. The number of amides is 2. The third kappa shape index (κ3) is 4.99. The Hall–Kier alpha value is -2.53. The van der Waals surface area contributed by atoms with Crippen LogP contribution in [0.5, 0.6) is 0 Å². The molecule has 0 aromatic heterocycles. The molecule has 11 heteroatoms. The van der Waals surface area contributed by atoms with Gasteiger partial charge in [0.05, 0.1) is 11.5 Å². The van der Waals surface area contributed by atoms with E-state index in [1.807, 2.05) is 0 Å². The molecule has 1 saturated heterocycles. The first kappa shape index (κ1) is 19.8. The third-order valence-corrected chi connectivity index (χ3v) is 5.30. The van der Waals surface area contributed by atoms with Crippen LogP contribution < -0.4 is 10.0 Å². The molecule has 142 valence electrons. The van der Waals surface area contributed by atoms with Gasteiger partial charge in [-0.1, -0.05) is 12.1 Å². The van der Waals surface area contributed by atoms with Crippen LogP contribution in [0.4, 0.5) is 5.69 Å². The number of nitrogens with one attached hydrogen (secondary N) is 2. The highest BCUT2D eigenvalue weighted by molar-refractivity contribution is 7.89. The van der Waals surface area contributed by atoms with Crippen molar-refractivity contribution in [1.29, 1.82) is 0 Å². The number of carbonyl (C=O) groups is 2. The second-order valence-electron chi connectivity index (χ2n) is 5.96. The first-order valence-electron chi connectivity index (χ1n) is 8.01. The smallest absolute Gasteiger partial charge is 0.289 e. The van der Waals surface area contributed by atoms with E-state index < -0.39 is 38.0 Å². The Morgan fingerprint density at radius 1 is 1.38 bits per heavy atom. The maximum atomic E-state index is 12.2. The van der Waals surface area contributed by atoms with Crippen LogP contribution >= 0.6 is 0 Å². The fourth-order valence-corrected chi connectivity index (χ4v) is 3.82. The zero-order chi connectivity index (χ0) is 19.3. The summed E-state index contributed by atoms with van der Waals surface area (Å²) in [6.45, 7) is 2.14. The molecule has 2 N–H and O–H groups in total. The number of benzene rings is 1. The number of hydrogen-bond donors (Lipinski definition) is 2. The minimum Gasteiger partial charge on any atom is -0.351 e. The normalized spacial score (nSPS) is 15.7. The van der Waals surface area contributed by atoms with E-state index in [1.165, 1.54) is 12.1 Å². The quantitative estimate of drug-likeness (QED) is 0.478. The molecule has 10 nitrogen and oxygen atoms in total. The van der Waals surface area contributed by atoms with Gasteiger partial charge in [0.25, 0.3) is 5.69 Å². The van der Waals surface area contributed by atoms with Crippen molar-refractivity contribution in [2.75, 3.05) is 19.6 Å². The van der Waals surface area contributed by atoms with Gasteiger partial charge in [-0.3, -0.25) is 19.7 Å². The van der Waals surface area contributed by atoms with Gasteiger partial charge >= 0.3 is 0 Å². The van der Waals surface area contributed by atoms with Gasteiger partial charge in [0.1, 0.15) is 0 Å². The summed E-state index contributed by atoms with van der Waals surface area (Å²) in [5.74, 6) is -0.561. The Morgan fingerprint density at radius 3 is 2.69 bits per heavy atom. The molecule has 0 aliphatic carbocycles. The van der Waals surface area contributed by atoms with Gasteiger partial charge in [0, 0.05) is 31.6 Å². The largest absolute Gasteiger partial charge is 0.351 e. The van der Waals surface area contributed by atoms with Crippen molar-refractivity contribution in [2.24, 2.45) is 0 Å². The molecule has 0 radical (unpaired) electrons. The van der Waals surface area contributed by atoms with E-state index in [2.05, 4.69) is 10.0 Å². The van der Waals surface area contributed by atoms with Gasteiger partial charge < -0.3 is 10.2 Å². The molecule has 1 aromatic rings. The minimum absolute atomic E-state index is 0.0307. The summed E-state index contributed by atoms with van der Waals surface area (Å²) in [6, 6.07) is 4.53. The first-order valence-corrected chi connectivity index (χ1v) is 9.49. The van der Waals surface area contributed by atoms with Crippen LogP contribution in [0.15, 0.2) is 29.2 Å². The van der Waals surface area contributed by atoms with E-state index in [-0.39, 0.29) is 11.9 Å². The predicted molar refractivity (Wildman–Crippen MR) is 91.7 cm³/mol. The lowest BCUT2D eigenvalue weighted by atomic mass is 10.3. The number of likely N-dealkylation sites (tertiary alicyclic amines) is 1. The molecular formula is C15H20N4O6S. The van der Waals surface area contributed by atoms with Crippen LogP contribution in [0.3, 0.4) is 0 Å². The zero-order valence-corrected chi connectivity index (χ0v) is 15.0. The standard InChI is InChI=1S/C15H20N4O6S/c1-11(10-18-8-4-7-15(18)21)17-14(20)9-16-26(24,25)13-6-3-2-5-12(13)19(22)23/h2-3,5-6,11,16H,4,7-10H2,1H3,(H,17,20)/t11-/m1/s1. The highest BCUT2D eigenvalue weighted by Crippen LogP contribution is 2.22. The van der Waals surface area contributed by atoms with Crippen LogP contribution in [0.25, 0.3) is 0 Å². The number of nitro groups is 1. The summed E-state index contributed by atoms with van der Waals surface area (Å²) < 4.78 is 26.5. The molecule has 2 amide bonds. The van der Waals surface area contributed by atoms with Crippen molar-refractivity contribution in [2.45, 2.75) is 30.7 Å². The van der Waals surface area contributed by atoms with Gasteiger partial charge in [-0.05, 0) is 19.4 Å². The van der Waals surface area contributed by atoms with E-state index >= 15 is 0 Å². The molecule has 1 aliphatic heterocycles. The lowest BCUT2D eigenvalue weighted by Crippen LogP contribution is -2.46. The van der Waals surface area contributed by atoms with Crippen molar-refractivity contribution < 1.29 is 22.9 Å². The number of sulfonamides is 1. The fraction of sp³-hybridized carbons (Fsp3) is 0.467. The molecule has 1 aliphatic rings. The fourth-order valence-electron chi connectivity index (χ4n) is 2.67. The van der Waals surface area contributed by atoms with E-state index in [0.717, 1.165) is 18.6 Å².